The number of aliphatic hydroxyl groups is 1. The molecule has 0 heterocycles. The second-order valence-corrected chi connectivity index (χ2v) is 6.09. The van der Waals surface area contributed by atoms with Crippen LogP contribution in [0.3, 0.4) is 0 Å². The van der Waals surface area contributed by atoms with Crippen LogP contribution in [0, 0.1) is 6.92 Å². The predicted octanol–water partition coefficient (Wildman–Crippen LogP) is 5.14. The minimum absolute atomic E-state index is 0.0914. The van der Waals surface area contributed by atoms with Crippen LogP contribution in [0.5, 0.6) is 5.75 Å². The van der Waals surface area contributed by atoms with Gasteiger partial charge in [0.2, 0.25) is 0 Å². The van der Waals surface area contributed by atoms with Gasteiger partial charge in [-0.3, -0.25) is 0 Å². The van der Waals surface area contributed by atoms with Gasteiger partial charge in [-0.15, -0.1) is 0 Å². The number of hydrogen-bond donors (Lipinski definition) is 1. The fourth-order valence-electron chi connectivity index (χ4n) is 1.94. The summed E-state index contributed by atoms with van der Waals surface area (Å²) in [6, 6.07) is 9.10. The number of halogens is 3. The van der Waals surface area contributed by atoms with Crippen molar-refractivity contribution in [2.24, 2.45) is 0 Å². The Morgan fingerprint density at radius 1 is 1.20 bits per heavy atom. The van der Waals surface area contributed by atoms with Crippen LogP contribution in [0.1, 0.15) is 16.7 Å². The molecule has 1 N–H and O–H groups in total. The summed E-state index contributed by atoms with van der Waals surface area (Å²) in [5, 5.41) is 10.6. The maximum absolute atomic E-state index is 9.42. The van der Waals surface area contributed by atoms with Crippen LogP contribution < -0.4 is 4.74 Å². The van der Waals surface area contributed by atoms with E-state index < -0.39 is 0 Å². The smallest absolute Gasteiger partial charge is 0.128 e. The third kappa shape index (κ3) is 3.47. The second kappa shape index (κ2) is 6.81. The lowest BCUT2D eigenvalue weighted by Crippen LogP contribution is -2.02. The molecule has 2 nitrogen and oxygen atoms in total. The average Bonchev–Trinajstić information content (AvgIpc) is 2.39. The monoisotopic (exact) mass is 374 g/mol. The molecule has 20 heavy (non-hydrogen) atoms. The van der Waals surface area contributed by atoms with Gasteiger partial charge in [-0.05, 0) is 36.8 Å². The van der Waals surface area contributed by atoms with E-state index in [-0.39, 0.29) is 13.2 Å². The highest BCUT2D eigenvalue weighted by atomic mass is 79.9. The minimum Gasteiger partial charge on any atom is -0.488 e. The summed E-state index contributed by atoms with van der Waals surface area (Å²) in [4.78, 5) is 0. The van der Waals surface area contributed by atoms with Gasteiger partial charge in [0.15, 0.2) is 0 Å². The average molecular weight is 376 g/mol. The number of rotatable bonds is 4. The van der Waals surface area contributed by atoms with Gasteiger partial charge < -0.3 is 9.84 Å². The van der Waals surface area contributed by atoms with Crippen molar-refractivity contribution in [1.82, 2.24) is 0 Å². The highest BCUT2D eigenvalue weighted by Gasteiger charge is 2.11. The molecule has 0 aliphatic rings. The first kappa shape index (κ1) is 15.6. The summed E-state index contributed by atoms with van der Waals surface area (Å²) in [7, 11) is 0. The molecule has 0 aliphatic heterocycles. The van der Waals surface area contributed by atoms with Crippen LogP contribution >= 0.6 is 39.1 Å². The van der Waals surface area contributed by atoms with E-state index in [2.05, 4.69) is 15.9 Å². The Kier molecular flexibility index (Phi) is 5.33. The molecule has 0 radical (unpaired) electrons. The Balaban J connectivity index is 2.27. The van der Waals surface area contributed by atoms with Crippen molar-refractivity contribution in [2.45, 2.75) is 20.1 Å². The quantitative estimate of drug-likeness (QED) is 0.801. The first-order valence-corrected chi connectivity index (χ1v) is 7.53. The Hall–Kier alpha value is -0.740. The van der Waals surface area contributed by atoms with Crippen molar-refractivity contribution in [2.75, 3.05) is 0 Å². The molecule has 0 bridgehead atoms. The molecule has 0 unspecified atom stereocenters. The largest absolute Gasteiger partial charge is 0.488 e. The molecule has 2 aromatic carbocycles. The van der Waals surface area contributed by atoms with Gasteiger partial charge in [0.1, 0.15) is 12.4 Å². The topological polar surface area (TPSA) is 29.5 Å². The Bertz CT molecular complexity index is 609. The van der Waals surface area contributed by atoms with Crippen LogP contribution in [0.15, 0.2) is 34.8 Å². The van der Waals surface area contributed by atoms with Gasteiger partial charge in [-0.2, -0.15) is 0 Å². The number of benzene rings is 2. The molecule has 5 heteroatoms. The van der Waals surface area contributed by atoms with Crippen molar-refractivity contribution in [3.63, 3.8) is 0 Å². The maximum Gasteiger partial charge on any atom is 0.128 e. The maximum atomic E-state index is 9.42. The normalized spacial score (nSPS) is 10.7. The molecule has 106 valence electrons. The van der Waals surface area contributed by atoms with Gasteiger partial charge in [0.05, 0.1) is 6.61 Å². The highest BCUT2D eigenvalue weighted by Crippen LogP contribution is 2.31. The van der Waals surface area contributed by atoms with Gasteiger partial charge >= 0.3 is 0 Å². The van der Waals surface area contributed by atoms with Crippen LogP contribution in [-0.4, -0.2) is 5.11 Å². The van der Waals surface area contributed by atoms with Crippen LogP contribution in [0.4, 0.5) is 0 Å². The van der Waals surface area contributed by atoms with Crippen molar-refractivity contribution in [3.8, 4) is 5.75 Å². The molecule has 0 saturated heterocycles. The number of aliphatic hydroxyl groups excluding tert-OH is 1. The summed E-state index contributed by atoms with van der Waals surface area (Å²) in [6.07, 6.45) is 0. The third-order valence-electron chi connectivity index (χ3n) is 2.91. The minimum atomic E-state index is -0.0914. The lowest BCUT2D eigenvalue weighted by Gasteiger charge is -2.15. The van der Waals surface area contributed by atoms with Gasteiger partial charge in [0, 0.05) is 25.6 Å². The molecule has 0 fully saturated rings. The zero-order chi connectivity index (χ0) is 14.7. The van der Waals surface area contributed by atoms with E-state index in [1.54, 1.807) is 18.2 Å². The number of hydrogen-bond acceptors (Lipinski definition) is 2. The van der Waals surface area contributed by atoms with Gasteiger partial charge in [0.25, 0.3) is 0 Å². The standard InChI is InChI=1S/C15H13BrCl2O2/c1-9-5-11(16)6-10(7-19)15(9)20-8-12-13(17)3-2-4-14(12)18/h2-6,19H,7-8H2,1H3. The first-order valence-electron chi connectivity index (χ1n) is 5.98. The third-order valence-corrected chi connectivity index (χ3v) is 4.08. The molecule has 0 aromatic heterocycles. The van der Waals surface area contributed by atoms with E-state index in [4.69, 9.17) is 27.9 Å². The van der Waals surface area contributed by atoms with E-state index in [1.165, 1.54) is 0 Å². The zero-order valence-electron chi connectivity index (χ0n) is 10.8. The van der Waals surface area contributed by atoms with E-state index in [0.717, 1.165) is 21.2 Å². The Morgan fingerprint density at radius 3 is 2.45 bits per heavy atom. The lowest BCUT2D eigenvalue weighted by atomic mass is 10.1. The molecule has 2 aromatic rings. The van der Waals surface area contributed by atoms with Gasteiger partial charge in [-0.25, -0.2) is 0 Å². The summed E-state index contributed by atoms with van der Waals surface area (Å²) < 4.78 is 6.72. The molecule has 0 spiro atoms. The Morgan fingerprint density at radius 2 is 1.85 bits per heavy atom. The predicted molar refractivity (Wildman–Crippen MR) is 85.6 cm³/mol. The fourth-order valence-corrected chi connectivity index (χ4v) is 3.06. The second-order valence-electron chi connectivity index (χ2n) is 4.36. The van der Waals surface area contributed by atoms with E-state index >= 15 is 0 Å². The number of ether oxygens (including phenoxy) is 1. The van der Waals surface area contributed by atoms with Crippen molar-refractivity contribution < 1.29 is 9.84 Å². The molecule has 0 aliphatic carbocycles. The van der Waals surface area contributed by atoms with Crippen molar-refractivity contribution in [3.05, 3.63) is 61.5 Å². The van der Waals surface area contributed by atoms with E-state index in [1.807, 2.05) is 19.1 Å². The van der Waals surface area contributed by atoms with E-state index in [0.29, 0.717) is 15.8 Å². The summed E-state index contributed by atoms with van der Waals surface area (Å²) in [5.74, 6) is 0.659. The summed E-state index contributed by atoms with van der Waals surface area (Å²) in [5.41, 5.74) is 2.40. The SMILES string of the molecule is Cc1cc(Br)cc(CO)c1OCc1c(Cl)cccc1Cl. The number of aryl methyl sites for hydroxylation is 1. The molecule has 2 rings (SSSR count). The zero-order valence-corrected chi connectivity index (χ0v) is 13.9. The van der Waals surface area contributed by atoms with Crippen LogP contribution in [0.25, 0.3) is 0 Å². The molecule has 0 saturated carbocycles. The molecule has 0 amide bonds. The first-order chi connectivity index (χ1) is 9.52. The van der Waals surface area contributed by atoms with E-state index in [9.17, 15) is 5.11 Å². The fraction of sp³-hybridized carbons (Fsp3) is 0.200. The summed E-state index contributed by atoms with van der Waals surface area (Å²) in [6.45, 7) is 2.09. The molecule has 0 atom stereocenters. The molecular weight excluding hydrogens is 363 g/mol. The van der Waals surface area contributed by atoms with Crippen LogP contribution in [-0.2, 0) is 13.2 Å². The van der Waals surface area contributed by atoms with Gasteiger partial charge in [-0.1, -0.05) is 45.2 Å². The molecular formula is C15H13BrCl2O2. The van der Waals surface area contributed by atoms with Crippen molar-refractivity contribution in [1.29, 1.82) is 0 Å². The lowest BCUT2D eigenvalue weighted by molar-refractivity contribution is 0.258. The summed E-state index contributed by atoms with van der Waals surface area (Å²) >= 11 is 15.6. The van der Waals surface area contributed by atoms with Crippen LogP contribution in [0.2, 0.25) is 10.0 Å². The Labute approximate surface area is 136 Å². The highest BCUT2D eigenvalue weighted by molar-refractivity contribution is 9.10. The van der Waals surface area contributed by atoms with Crippen molar-refractivity contribution >= 4 is 39.1 Å².